The van der Waals surface area contributed by atoms with Crippen molar-refractivity contribution in [2.45, 2.75) is 17.9 Å². The molecule has 1 aliphatic heterocycles. The Hall–Kier alpha value is -1.48. The van der Waals surface area contributed by atoms with Gasteiger partial charge in [-0.05, 0) is 13.1 Å². The molecule has 0 unspecified atom stereocenters. The number of sulfonamides is 2. The van der Waals surface area contributed by atoms with Crippen molar-refractivity contribution in [1.82, 2.24) is 9.80 Å². The third-order valence-electron chi connectivity index (χ3n) is 2.24. The van der Waals surface area contributed by atoms with E-state index in [9.17, 15) is 43.2 Å². The molecule has 7 nitrogen and oxygen atoms in total. The van der Waals surface area contributed by atoms with Gasteiger partial charge in [-0.2, -0.15) is 26.3 Å². The van der Waals surface area contributed by atoms with Crippen LogP contribution in [-0.2, 0) is 20.0 Å². The minimum Gasteiger partial charge on any atom is -0.421 e. The Morgan fingerprint density at radius 1 is 1.04 bits per heavy atom. The normalized spacial score (nSPS) is 16.0. The second-order valence-corrected chi connectivity index (χ2v) is 7.38. The molecule has 15 heteroatoms. The predicted molar refractivity (Wildman–Crippen MR) is 71.7 cm³/mol. The summed E-state index contributed by atoms with van der Waals surface area (Å²) in [5.74, 6) is 0. The number of alkyl halides is 6. The zero-order valence-corrected chi connectivity index (χ0v) is 13.5. The monoisotopic (exact) mass is 404 g/mol. The van der Waals surface area contributed by atoms with Crippen LogP contribution < -0.4 is 0 Å². The van der Waals surface area contributed by atoms with Gasteiger partial charge in [0.1, 0.15) is 0 Å². The molecule has 0 saturated heterocycles. The lowest BCUT2D eigenvalue weighted by molar-refractivity contribution is -0.0444. The van der Waals surface area contributed by atoms with Crippen molar-refractivity contribution in [1.29, 1.82) is 0 Å². The van der Waals surface area contributed by atoms with Gasteiger partial charge < -0.3 is 13.9 Å². The lowest BCUT2D eigenvalue weighted by atomic mass is 10.6. The summed E-state index contributed by atoms with van der Waals surface area (Å²) < 4.78 is 109. The van der Waals surface area contributed by atoms with Gasteiger partial charge in [0.25, 0.3) is 0 Å². The molecule has 1 rings (SSSR count). The van der Waals surface area contributed by atoms with Crippen LogP contribution in [0.25, 0.3) is 4.13 Å². The van der Waals surface area contributed by atoms with E-state index in [-0.39, 0.29) is 0 Å². The SMILES string of the molecule is C=CN1C=CN(CC)C1.O=S(=O)([N-]S(=O)(=O)C(F)(F)F)C(F)(F)F. The third-order valence-corrected chi connectivity index (χ3v) is 4.98. The van der Waals surface area contributed by atoms with Gasteiger partial charge in [0.2, 0.25) is 0 Å². The van der Waals surface area contributed by atoms with Crippen LogP contribution in [0.4, 0.5) is 26.3 Å². The highest BCUT2D eigenvalue weighted by Crippen LogP contribution is 2.36. The van der Waals surface area contributed by atoms with Crippen LogP contribution in [0.2, 0.25) is 0 Å². The van der Waals surface area contributed by atoms with Crippen molar-refractivity contribution < 1.29 is 43.2 Å². The van der Waals surface area contributed by atoms with E-state index in [1.807, 2.05) is 17.3 Å². The maximum Gasteiger partial charge on any atom is 0.480 e. The molecule has 0 radical (unpaired) electrons. The first-order valence-corrected chi connectivity index (χ1v) is 8.63. The molecule has 24 heavy (non-hydrogen) atoms. The maximum atomic E-state index is 11.4. The Labute approximate surface area is 134 Å². The highest BCUT2D eigenvalue weighted by atomic mass is 32.3. The fourth-order valence-electron chi connectivity index (χ4n) is 1.02. The van der Waals surface area contributed by atoms with Gasteiger partial charge in [0.15, 0.2) is 20.0 Å². The standard InChI is InChI=1S/C7H12N2.C2F6NO4S2/c1-3-8-5-6-9(4-2)7-8;3-1(4,5)14(10,11)9-15(12,13)2(6,7)8/h3,5-6H,1,4,7H2,2H3;/q;-1. The second kappa shape index (κ2) is 7.60. The number of halogens is 6. The van der Waals surface area contributed by atoms with Gasteiger partial charge in [0, 0.05) is 18.9 Å². The topological polar surface area (TPSA) is 88.9 Å². The number of hydrogen-bond acceptors (Lipinski definition) is 6. The summed E-state index contributed by atoms with van der Waals surface area (Å²) in [6.45, 7) is 7.82. The Bertz CT molecular complexity index is 626. The number of rotatable bonds is 4. The summed E-state index contributed by atoms with van der Waals surface area (Å²) in [5.41, 5.74) is -12.4. The van der Waals surface area contributed by atoms with Crippen LogP contribution in [0.5, 0.6) is 0 Å². The summed E-state index contributed by atoms with van der Waals surface area (Å²) in [4.78, 5) is 4.26. The van der Waals surface area contributed by atoms with E-state index in [1.54, 1.807) is 0 Å². The molecule has 142 valence electrons. The van der Waals surface area contributed by atoms with Crippen LogP contribution in [0.3, 0.4) is 0 Å². The summed E-state index contributed by atoms with van der Waals surface area (Å²) in [7, 11) is -13.4. The average molecular weight is 404 g/mol. The van der Waals surface area contributed by atoms with Crippen LogP contribution in [-0.4, -0.2) is 50.9 Å². The molecular formula is C9H12F6N3O4S2-. The van der Waals surface area contributed by atoms with E-state index in [2.05, 4.69) is 24.6 Å². The van der Waals surface area contributed by atoms with Crippen LogP contribution in [0, 0.1) is 0 Å². The molecule has 1 heterocycles. The summed E-state index contributed by atoms with van der Waals surface area (Å²) in [5, 5.41) is 0. The van der Waals surface area contributed by atoms with Gasteiger partial charge in [-0.1, -0.05) is 6.58 Å². The first-order valence-electron chi connectivity index (χ1n) is 5.75. The Morgan fingerprint density at radius 3 is 1.67 bits per heavy atom. The fraction of sp³-hybridized carbons (Fsp3) is 0.556. The molecule has 0 aliphatic carbocycles. The van der Waals surface area contributed by atoms with Crippen LogP contribution in [0.15, 0.2) is 25.2 Å². The van der Waals surface area contributed by atoms with Gasteiger partial charge in [-0.3, -0.25) is 0 Å². The van der Waals surface area contributed by atoms with Crippen molar-refractivity contribution in [3.63, 3.8) is 0 Å². The van der Waals surface area contributed by atoms with Crippen molar-refractivity contribution in [3.05, 3.63) is 29.3 Å². The first-order chi connectivity index (χ1) is 10.6. The van der Waals surface area contributed by atoms with Crippen LogP contribution >= 0.6 is 0 Å². The summed E-state index contributed by atoms with van der Waals surface area (Å²) in [6.07, 6.45) is 5.92. The lowest BCUT2D eigenvalue weighted by Crippen LogP contribution is -2.30. The molecule has 0 N–H and O–H groups in total. The minimum atomic E-state index is -6.72. The Morgan fingerprint density at radius 2 is 1.46 bits per heavy atom. The molecule has 0 amide bonds. The molecule has 0 aromatic rings. The highest BCUT2D eigenvalue weighted by molar-refractivity contribution is 8.13. The molecule has 0 atom stereocenters. The Balaban J connectivity index is 0.000000496. The zero-order valence-electron chi connectivity index (χ0n) is 11.9. The fourth-order valence-corrected chi connectivity index (χ4v) is 2.73. The minimum absolute atomic E-state index is 0.778. The first kappa shape index (κ1) is 22.5. The van der Waals surface area contributed by atoms with Crippen molar-refractivity contribution >= 4 is 20.0 Å². The molecule has 0 spiro atoms. The number of hydrogen-bond donors (Lipinski definition) is 0. The second-order valence-electron chi connectivity index (χ2n) is 3.96. The van der Waals surface area contributed by atoms with E-state index < -0.39 is 31.1 Å². The van der Waals surface area contributed by atoms with Gasteiger partial charge in [-0.25, -0.2) is 16.8 Å². The smallest absolute Gasteiger partial charge is 0.421 e. The van der Waals surface area contributed by atoms with Crippen molar-refractivity contribution in [2.24, 2.45) is 0 Å². The molecule has 1 aliphatic rings. The highest BCUT2D eigenvalue weighted by Gasteiger charge is 2.46. The summed E-state index contributed by atoms with van der Waals surface area (Å²) >= 11 is 0. The van der Waals surface area contributed by atoms with Gasteiger partial charge in [-0.15, -0.1) is 0 Å². The molecule has 0 aromatic heterocycles. The molecule has 0 saturated carbocycles. The lowest BCUT2D eigenvalue weighted by Gasteiger charge is -2.22. The van der Waals surface area contributed by atoms with E-state index in [0.717, 1.165) is 17.3 Å². The molecule has 0 bridgehead atoms. The van der Waals surface area contributed by atoms with E-state index in [0.29, 0.717) is 0 Å². The molecular weight excluding hydrogens is 392 g/mol. The quantitative estimate of drug-likeness (QED) is 0.668. The predicted octanol–water partition coefficient (Wildman–Crippen LogP) is 2.26. The van der Waals surface area contributed by atoms with E-state index in [4.69, 9.17) is 0 Å². The third kappa shape index (κ3) is 6.20. The van der Waals surface area contributed by atoms with Gasteiger partial charge in [0.05, 0.1) is 6.67 Å². The van der Waals surface area contributed by atoms with E-state index >= 15 is 0 Å². The van der Waals surface area contributed by atoms with E-state index in [1.165, 1.54) is 0 Å². The molecule has 0 fully saturated rings. The number of nitrogens with zero attached hydrogens (tertiary/aromatic N) is 3. The van der Waals surface area contributed by atoms with Crippen LogP contribution in [0.1, 0.15) is 6.92 Å². The Kier molecular flexibility index (Phi) is 7.14. The largest absolute Gasteiger partial charge is 0.480 e. The maximum absolute atomic E-state index is 11.4. The van der Waals surface area contributed by atoms with Gasteiger partial charge >= 0.3 is 11.0 Å². The molecule has 0 aromatic carbocycles. The van der Waals surface area contributed by atoms with Crippen molar-refractivity contribution in [2.75, 3.05) is 13.2 Å². The van der Waals surface area contributed by atoms with Crippen molar-refractivity contribution in [3.8, 4) is 0 Å². The zero-order chi connectivity index (χ0) is 19.4. The average Bonchev–Trinajstić information content (AvgIpc) is 2.83. The summed E-state index contributed by atoms with van der Waals surface area (Å²) in [6, 6.07) is 0.